The molecule has 0 atom stereocenters. The number of carbonyl (C=O) groups excluding carboxylic acids is 1. The third kappa shape index (κ3) is 5.67. The Morgan fingerprint density at radius 2 is 2.00 bits per heavy atom. The molecule has 1 rings (SSSR count). The maximum Gasteiger partial charge on any atom is 0.334 e. The van der Waals surface area contributed by atoms with Gasteiger partial charge in [0.1, 0.15) is 0 Å². The second kappa shape index (κ2) is 8.30. The maximum atomic E-state index is 11.3. The summed E-state index contributed by atoms with van der Waals surface area (Å²) in [5.74, 6) is 1.50. The maximum absolute atomic E-state index is 11.3. The summed E-state index contributed by atoms with van der Waals surface area (Å²) in [6.45, 7) is 9.81. The SMILES string of the molecule is C=C(CNCCC1CCC(C)CC1)C(=O)OCC. The van der Waals surface area contributed by atoms with Crippen LogP contribution in [0, 0.1) is 11.8 Å². The highest BCUT2D eigenvalue weighted by atomic mass is 16.5. The van der Waals surface area contributed by atoms with Crippen molar-refractivity contribution < 1.29 is 9.53 Å². The van der Waals surface area contributed by atoms with E-state index >= 15 is 0 Å². The molecule has 0 heterocycles. The van der Waals surface area contributed by atoms with E-state index in [9.17, 15) is 4.79 Å². The summed E-state index contributed by atoms with van der Waals surface area (Å²) in [6, 6.07) is 0. The van der Waals surface area contributed by atoms with Crippen LogP contribution in [0.4, 0.5) is 0 Å². The lowest BCUT2D eigenvalue weighted by atomic mass is 9.81. The van der Waals surface area contributed by atoms with E-state index in [-0.39, 0.29) is 5.97 Å². The van der Waals surface area contributed by atoms with Crippen LogP contribution in [0.2, 0.25) is 0 Å². The molecule has 1 N–H and O–H groups in total. The van der Waals surface area contributed by atoms with Crippen molar-refractivity contribution in [3.63, 3.8) is 0 Å². The van der Waals surface area contributed by atoms with Crippen LogP contribution in [0.1, 0.15) is 46.0 Å². The average Bonchev–Trinajstić information content (AvgIpc) is 2.36. The van der Waals surface area contributed by atoms with Crippen molar-refractivity contribution in [2.45, 2.75) is 46.0 Å². The molecule has 0 spiro atoms. The summed E-state index contributed by atoms with van der Waals surface area (Å²) >= 11 is 0. The van der Waals surface area contributed by atoms with Gasteiger partial charge in [-0.05, 0) is 31.7 Å². The number of carbonyl (C=O) groups is 1. The van der Waals surface area contributed by atoms with Gasteiger partial charge in [0.05, 0.1) is 6.61 Å². The van der Waals surface area contributed by atoms with Gasteiger partial charge in [0.25, 0.3) is 0 Å². The molecular formula is C15H27NO2. The van der Waals surface area contributed by atoms with Gasteiger partial charge in [-0.3, -0.25) is 0 Å². The Hall–Kier alpha value is -0.830. The predicted octanol–water partition coefficient (Wildman–Crippen LogP) is 2.91. The van der Waals surface area contributed by atoms with Crippen LogP contribution in [0.25, 0.3) is 0 Å². The summed E-state index contributed by atoms with van der Waals surface area (Å²) in [5, 5.41) is 3.28. The Bertz CT molecular complexity index is 268. The molecule has 3 heteroatoms. The minimum absolute atomic E-state index is 0.281. The normalized spacial score (nSPS) is 23.7. The fraction of sp³-hybridized carbons (Fsp3) is 0.800. The second-order valence-electron chi connectivity index (χ2n) is 5.42. The molecule has 0 aliphatic heterocycles. The van der Waals surface area contributed by atoms with Crippen LogP contribution in [0.3, 0.4) is 0 Å². The fourth-order valence-corrected chi connectivity index (χ4v) is 2.47. The monoisotopic (exact) mass is 253 g/mol. The Morgan fingerprint density at radius 3 is 2.61 bits per heavy atom. The van der Waals surface area contributed by atoms with E-state index in [1.807, 2.05) is 6.92 Å². The molecule has 1 fully saturated rings. The Kier molecular flexibility index (Phi) is 7.02. The van der Waals surface area contributed by atoms with Crippen molar-refractivity contribution in [2.75, 3.05) is 19.7 Å². The summed E-state index contributed by atoms with van der Waals surface area (Å²) in [5.41, 5.74) is 0.522. The summed E-state index contributed by atoms with van der Waals surface area (Å²) in [7, 11) is 0. The highest BCUT2D eigenvalue weighted by molar-refractivity contribution is 5.88. The molecule has 0 unspecified atom stereocenters. The van der Waals surface area contributed by atoms with Gasteiger partial charge in [-0.1, -0.05) is 39.2 Å². The topological polar surface area (TPSA) is 38.3 Å². The van der Waals surface area contributed by atoms with Gasteiger partial charge < -0.3 is 10.1 Å². The van der Waals surface area contributed by atoms with Crippen LogP contribution in [0.5, 0.6) is 0 Å². The molecule has 104 valence electrons. The number of hydrogen-bond acceptors (Lipinski definition) is 3. The van der Waals surface area contributed by atoms with E-state index in [0.29, 0.717) is 18.7 Å². The van der Waals surface area contributed by atoms with Gasteiger partial charge in [0, 0.05) is 12.1 Å². The number of esters is 1. The average molecular weight is 253 g/mol. The van der Waals surface area contributed by atoms with E-state index in [1.165, 1.54) is 32.1 Å². The molecule has 0 radical (unpaired) electrons. The first-order valence-corrected chi connectivity index (χ1v) is 7.19. The third-order valence-electron chi connectivity index (χ3n) is 3.77. The molecular weight excluding hydrogens is 226 g/mol. The number of ether oxygens (including phenoxy) is 1. The quantitative estimate of drug-likeness (QED) is 0.431. The zero-order valence-corrected chi connectivity index (χ0v) is 11.8. The predicted molar refractivity (Wildman–Crippen MR) is 74.4 cm³/mol. The lowest BCUT2D eigenvalue weighted by molar-refractivity contribution is -0.138. The van der Waals surface area contributed by atoms with E-state index in [2.05, 4.69) is 18.8 Å². The highest BCUT2D eigenvalue weighted by Crippen LogP contribution is 2.29. The highest BCUT2D eigenvalue weighted by Gasteiger charge is 2.17. The zero-order valence-electron chi connectivity index (χ0n) is 11.8. The summed E-state index contributed by atoms with van der Waals surface area (Å²) in [6.07, 6.45) is 6.69. The molecule has 1 aliphatic carbocycles. The van der Waals surface area contributed by atoms with E-state index in [0.717, 1.165) is 18.4 Å². The van der Waals surface area contributed by atoms with Crippen LogP contribution in [-0.2, 0) is 9.53 Å². The Balaban J connectivity index is 2.04. The van der Waals surface area contributed by atoms with Crippen molar-refractivity contribution >= 4 is 5.97 Å². The molecule has 1 aliphatic rings. The lowest BCUT2D eigenvalue weighted by Gasteiger charge is -2.26. The molecule has 0 bridgehead atoms. The van der Waals surface area contributed by atoms with E-state index < -0.39 is 0 Å². The van der Waals surface area contributed by atoms with Gasteiger partial charge in [-0.2, -0.15) is 0 Å². The molecule has 0 aromatic heterocycles. The van der Waals surface area contributed by atoms with Crippen molar-refractivity contribution in [1.29, 1.82) is 0 Å². The molecule has 3 nitrogen and oxygen atoms in total. The number of rotatable bonds is 7. The van der Waals surface area contributed by atoms with Crippen molar-refractivity contribution in [3.8, 4) is 0 Å². The molecule has 18 heavy (non-hydrogen) atoms. The minimum Gasteiger partial charge on any atom is -0.463 e. The number of nitrogens with one attached hydrogen (secondary N) is 1. The fourth-order valence-electron chi connectivity index (χ4n) is 2.47. The van der Waals surface area contributed by atoms with Gasteiger partial charge in [-0.25, -0.2) is 4.79 Å². The Labute approximate surface area is 111 Å². The van der Waals surface area contributed by atoms with Crippen LogP contribution < -0.4 is 5.32 Å². The smallest absolute Gasteiger partial charge is 0.334 e. The third-order valence-corrected chi connectivity index (χ3v) is 3.77. The van der Waals surface area contributed by atoms with Gasteiger partial charge in [-0.15, -0.1) is 0 Å². The Morgan fingerprint density at radius 1 is 1.33 bits per heavy atom. The first-order chi connectivity index (χ1) is 8.63. The summed E-state index contributed by atoms with van der Waals surface area (Å²) in [4.78, 5) is 11.3. The second-order valence-corrected chi connectivity index (χ2v) is 5.42. The number of hydrogen-bond donors (Lipinski definition) is 1. The van der Waals surface area contributed by atoms with E-state index in [4.69, 9.17) is 4.74 Å². The summed E-state index contributed by atoms with van der Waals surface area (Å²) < 4.78 is 4.88. The molecule has 0 saturated heterocycles. The largest absolute Gasteiger partial charge is 0.463 e. The minimum atomic E-state index is -0.281. The molecule has 1 saturated carbocycles. The lowest BCUT2D eigenvalue weighted by Crippen LogP contribution is -2.25. The van der Waals surface area contributed by atoms with Crippen molar-refractivity contribution in [1.82, 2.24) is 5.32 Å². The van der Waals surface area contributed by atoms with Crippen LogP contribution >= 0.6 is 0 Å². The van der Waals surface area contributed by atoms with Gasteiger partial charge in [0.2, 0.25) is 0 Å². The first kappa shape index (κ1) is 15.2. The van der Waals surface area contributed by atoms with E-state index in [1.54, 1.807) is 0 Å². The van der Waals surface area contributed by atoms with Gasteiger partial charge in [0.15, 0.2) is 0 Å². The zero-order chi connectivity index (χ0) is 13.4. The van der Waals surface area contributed by atoms with Crippen LogP contribution in [-0.4, -0.2) is 25.7 Å². The van der Waals surface area contributed by atoms with Crippen molar-refractivity contribution in [3.05, 3.63) is 12.2 Å². The molecule has 0 amide bonds. The van der Waals surface area contributed by atoms with Crippen LogP contribution in [0.15, 0.2) is 12.2 Å². The molecule has 0 aromatic rings. The standard InChI is InChI=1S/C15H27NO2/c1-4-18-15(17)13(3)11-16-10-9-14-7-5-12(2)6-8-14/h12,14,16H,3-11H2,1-2H3. The first-order valence-electron chi connectivity index (χ1n) is 7.19. The van der Waals surface area contributed by atoms with Gasteiger partial charge >= 0.3 is 5.97 Å². The van der Waals surface area contributed by atoms with Crippen molar-refractivity contribution in [2.24, 2.45) is 11.8 Å². The molecule has 0 aromatic carbocycles.